The predicted octanol–water partition coefficient (Wildman–Crippen LogP) is 1.89. The lowest BCUT2D eigenvalue weighted by Crippen LogP contribution is -2.29. The summed E-state index contributed by atoms with van der Waals surface area (Å²) in [7, 11) is 3.37. The van der Waals surface area contributed by atoms with Crippen LogP contribution in [0, 0.1) is 5.82 Å². The third-order valence-corrected chi connectivity index (χ3v) is 2.94. The first-order chi connectivity index (χ1) is 9.17. The Morgan fingerprint density at radius 1 is 1.16 bits per heavy atom. The molecule has 0 atom stereocenters. The van der Waals surface area contributed by atoms with Crippen molar-refractivity contribution in [2.24, 2.45) is 0 Å². The van der Waals surface area contributed by atoms with Crippen molar-refractivity contribution in [3.63, 3.8) is 0 Å². The number of rotatable bonds is 9. The van der Waals surface area contributed by atoms with Crippen molar-refractivity contribution in [3.05, 3.63) is 29.6 Å². The third kappa shape index (κ3) is 6.00. The minimum atomic E-state index is -0.302. The van der Waals surface area contributed by atoms with Crippen LogP contribution in [-0.2, 0) is 16.0 Å². The quantitative estimate of drug-likeness (QED) is 0.550. The van der Waals surface area contributed by atoms with Crippen LogP contribution in [0.5, 0.6) is 0 Å². The van der Waals surface area contributed by atoms with Crippen LogP contribution in [0.15, 0.2) is 18.2 Å². The summed E-state index contributed by atoms with van der Waals surface area (Å²) in [6.07, 6.45) is 0.946. The third-order valence-electron chi connectivity index (χ3n) is 2.94. The molecule has 0 saturated heterocycles. The van der Waals surface area contributed by atoms with Gasteiger partial charge < -0.3 is 15.2 Å². The van der Waals surface area contributed by atoms with Gasteiger partial charge >= 0.3 is 0 Å². The Morgan fingerprint density at radius 2 is 1.89 bits per heavy atom. The molecule has 1 aromatic carbocycles. The molecule has 0 aliphatic heterocycles. The van der Waals surface area contributed by atoms with E-state index in [0.717, 1.165) is 31.7 Å². The number of hydrogen-bond donors (Lipinski definition) is 1. The maximum Gasteiger partial charge on any atom is 0.125 e. The summed E-state index contributed by atoms with van der Waals surface area (Å²) in [4.78, 5) is 2.23. The summed E-state index contributed by atoms with van der Waals surface area (Å²) in [5.74, 6) is -0.302. The number of hydrogen-bond acceptors (Lipinski definition) is 4. The zero-order valence-corrected chi connectivity index (χ0v) is 11.7. The van der Waals surface area contributed by atoms with Gasteiger partial charge in [-0.1, -0.05) is 6.07 Å². The smallest absolute Gasteiger partial charge is 0.125 e. The molecular formula is C14H23FN2O2. The highest BCUT2D eigenvalue weighted by Gasteiger charge is 2.08. The maximum absolute atomic E-state index is 13.0. The van der Waals surface area contributed by atoms with Crippen LogP contribution < -0.4 is 5.73 Å². The number of anilines is 1. The van der Waals surface area contributed by atoms with Crippen molar-refractivity contribution < 1.29 is 13.9 Å². The molecule has 0 bridgehead atoms. The molecule has 1 aromatic rings. The second-order valence-electron chi connectivity index (χ2n) is 4.46. The molecular weight excluding hydrogens is 247 g/mol. The molecule has 4 nitrogen and oxygen atoms in total. The highest BCUT2D eigenvalue weighted by molar-refractivity contribution is 5.46. The van der Waals surface area contributed by atoms with E-state index in [-0.39, 0.29) is 5.82 Å². The Bertz CT molecular complexity index is 374. The van der Waals surface area contributed by atoms with E-state index >= 15 is 0 Å². The highest BCUT2D eigenvalue weighted by Crippen LogP contribution is 2.15. The predicted molar refractivity (Wildman–Crippen MR) is 74.5 cm³/mol. The van der Waals surface area contributed by atoms with E-state index in [9.17, 15) is 4.39 Å². The lowest BCUT2D eigenvalue weighted by molar-refractivity contribution is 0.129. The zero-order chi connectivity index (χ0) is 14.1. The Labute approximate surface area is 114 Å². The maximum atomic E-state index is 13.0. The van der Waals surface area contributed by atoms with Crippen molar-refractivity contribution in [2.45, 2.75) is 13.0 Å². The minimum Gasteiger partial charge on any atom is -0.398 e. The lowest BCUT2D eigenvalue weighted by atomic mass is 10.1. The van der Waals surface area contributed by atoms with E-state index < -0.39 is 0 Å². The fraction of sp³-hybridized carbons (Fsp3) is 0.571. The molecule has 0 amide bonds. The van der Waals surface area contributed by atoms with Gasteiger partial charge in [0.05, 0.1) is 6.61 Å². The van der Waals surface area contributed by atoms with Crippen LogP contribution in [0.2, 0.25) is 0 Å². The number of ether oxygens (including phenoxy) is 2. The van der Waals surface area contributed by atoms with E-state index in [1.165, 1.54) is 12.1 Å². The fourth-order valence-electron chi connectivity index (χ4n) is 1.87. The van der Waals surface area contributed by atoms with Crippen LogP contribution in [-0.4, -0.2) is 45.4 Å². The van der Waals surface area contributed by atoms with Crippen molar-refractivity contribution in [3.8, 4) is 0 Å². The number of nitrogens with zero attached hydrogens (tertiary/aromatic N) is 1. The Hall–Kier alpha value is -1.17. The number of halogens is 1. The molecule has 5 heteroatoms. The first-order valence-corrected chi connectivity index (χ1v) is 6.41. The van der Waals surface area contributed by atoms with Gasteiger partial charge in [0.2, 0.25) is 0 Å². The second kappa shape index (κ2) is 8.85. The number of nitrogen functional groups attached to an aromatic ring is 1. The molecule has 0 aliphatic rings. The topological polar surface area (TPSA) is 47.7 Å². The average molecular weight is 270 g/mol. The Morgan fingerprint density at radius 3 is 2.53 bits per heavy atom. The van der Waals surface area contributed by atoms with Gasteiger partial charge in [-0.2, -0.15) is 0 Å². The van der Waals surface area contributed by atoms with Crippen LogP contribution in [0.1, 0.15) is 12.0 Å². The largest absolute Gasteiger partial charge is 0.398 e. The lowest BCUT2D eigenvalue weighted by Gasteiger charge is -2.22. The van der Waals surface area contributed by atoms with Gasteiger partial charge in [-0.15, -0.1) is 0 Å². The molecule has 0 aromatic heterocycles. The van der Waals surface area contributed by atoms with Crippen molar-refractivity contribution in [1.29, 1.82) is 0 Å². The molecule has 19 heavy (non-hydrogen) atoms. The van der Waals surface area contributed by atoms with E-state index in [2.05, 4.69) is 4.90 Å². The van der Waals surface area contributed by atoms with Gasteiger partial charge in [0.25, 0.3) is 0 Å². The first-order valence-electron chi connectivity index (χ1n) is 6.41. The van der Waals surface area contributed by atoms with E-state index in [1.54, 1.807) is 20.3 Å². The molecule has 0 saturated carbocycles. The summed E-state index contributed by atoms with van der Waals surface area (Å²) in [5.41, 5.74) is 7.26. The normalized spacial score (nSPS) is 11.2. The van der Waals surface area contributed by atoms with Crippen LogP contribution >= 0.6 is 0 Å². The highest BCUT2D eigenvalue weighted by atomic mass is 19.1. The molecule has 0 fully saturated rings. The number of methoxy groups -OCH3 is 2. The van der Waals surface area contributed by atoms with Crippen LogP contribution in [0.25, 0.3) is 0 Å². The monoisotopic (exact) mass is 270 g/mol. The minimum absolute atomic E-state index is 0.302. The molecule has 2 N–H and O–H groups in total. The van der Waals surface area contributed by atoms with E-state index in [0.29, 0.717) is 18.8 Å². The summed E-state index contributed by atoms with van der Waals surface area (Å²) in [5, 5.41) is 0. The van der Waals surface area contributed by atoms with Gasteiger partial charge in [0.15, 0.2) is 0 Å². The van der Waals surface area contributed by atoms with Crippen molar-refractivity contribution in [2.75, 3.05) is 46.3 Å². The standard InChI is InChI=1S/C14H23FN2O2/c1-18-8-3-6-17(7-9-19-2)11-12-4-5-13(15)10-14(12)16/h4-5,10H,3,6-9,11,16H2,1-2H3. The molecule has 108 valence electrons. The number of nitrogens with two attached hydrogens (primary N) is 1. The molecule has 0 heterocycles. The summed E-state index contributed by atoms with van der Waals surface area (Å²) < 4.78 is 23.2. The van der Waals surface area contributed by atoms with Crippen LogP contribution in [0.3, 0.4) is 0 Å². The average Bonchev–Trinajstić information content (AvgIpc) is 2.39. The number of benzene rings is 1. The second-order valence-corrected chi connectivity index (χ2v) is 4.46. The van der Waals surface area contributed by atoms with Crippen molar-refractivity contribution >= 4 is 5.69 Å². The Balaban J connectivity index is 2.58. The van der Waals surface area contributed by atoms with E-state index in [4.69, 9.17) is 15.2 Å². The van der Waals surface area contributed by atoms with Crippen LogP contribution in [0.4, 0.5) is 10.1 Å². The van der Waals surface area contributed by atoms with Gasteiger partial charge in [0.1, 0.15) is 5.82 Å². The first kappa shape index (κ1) is 15.9. The summed E-state index contributed by atoms with van der Waals surface area (Å²) >= 11 is 0. The fourth-order valence-corrected chi connectivity index (χ4v) is 1.87. The van der Waals surface area contributed by atoms with Crippen molar-refractivity contribution in [1.82, 2.24) is 4.90 Å². The van der Waals surface area contributed by atoms with E-state index in [1.807, 2.05) is 0 Å². The Kier molecular flexibility index (Phi) is 7.40. The molecule has 0 radical (unpaired) electrons. The molecule has 0 spiro atoms. The summed E-state index contributed by atoms with van der Waals surface area (Å²) in [6.45, 7) is 3.79. The van der Waals surface area contributed by atoms with Gasteiger partial charge in [-0.05, 0) is 24.1 Å². The SMILES string of the molecule is COCCCN(CCOC)Cc1ccc(F)cc1N. The summed E-state index contributed by atoms with van der Waals surface area (Å²) in [6, 6.07) is 4.54. The molecule has 0 unspecified atom stereocenters. The molecule has 1 rings (SSSR count). The van der Waals surface area contributed by atoms with Gasteiger partial charge in [0, 0.05) is 46.1 Å². The molecule has 0 aliphatic carbocycles. The zero-order valence-electron chi connectivity index (χ0n) is 11.7. The van der Waals surface area contributed by atoms with Gasteiger partial charge in [-0.25, -0.2) is 4.39 Å². The van der Waals surface area contributed by atoms with Gasteiger partial charge in [-0.3, -0.25) is 4.90 Å².